The Morgan fingerprint density at radius 2 is 1.56 bits per heavy atom. The number of carboxylic acid groups (broad SMARTS) is 2. The number of carbonyl (C=O) groups excluding carboxylic acids is 1. The zero-order valence-electron chi connectivity index (χ0n) is 18.9. The summed E-state index contributed by atoms with van der Waals surface area (Å²) in [7, 11) is 0. The Morgan fingerprint density at radius 3 is 2.03 bits per heavy atom. The summed E-state index contributed by atoms with van der Waals surface area (Å²) in [5, 5.41) is 24.6. The summed E-state index contributed by atoms with van der Waals surface area (Å²) >= 11 is 0. The Hall–Kier alpha value is -2.85. The molecule has 0 aromatic heterocycles. The fraction of sp³-hybridized carbons (Fsp3) is 0.591. The number of hydrogen-bond donors (Lipinski definition) is 4. The molecular formula is C22H35N3O7. The van der Waals surface area contributed by atoms with E-state index in [0.29, 0.717) is 32.5 Å². The summed E-state index contributed by atoms with van der Waals surface area (Å²) < 4.78 is 5.71. The standard InChI is InChI=1S/C18H27N3O3.2C2H4O2/c1-2-24-17-6-4-3-5-15(17)20-7-9-21(10-8-20)18(23)13-11-14(19)16(22)12-13;2*1-2(3)4/h3-6,13-14,16,22H,2,7-12,19H2,1H3;2*1H3,(H,3,4)/t13-,14-,16-;;/m0../s1. The second-order valence-corrected chi connectivity index (χ2v) is 7.65. The minimum absolute atomic E-state index is 0.128. The largest absolute Gasteiger partial charge is 0.492 e. The predicted molar refractivity (Wildman–Crippen MR) is 120 cm³/mol. The van der Waals surface area contributed by atoms with Gasteiger partial charge in [-0.2, -0.15) is 0 Å². The van der Waals surface area contributed by atoms with Crippen molar-refractivity contribution in [2.75, 3.05) is 37.7 Å². The molecule has 32 heavy (non-hydrogen) atoms. The molecule has 2 fully saturated rings. The van der Waals surface area contributed by atoms with Crippen LogP contribution in [-0.2, 0) is 14.4 Å². The van der Waals surface area contributed by atoms with Crippen molar-refractivity contribution in [1.82, 2.24) is 4.90 Å². The molecule has 1 saturated heterocycles. The van der Waals surface area contributed by atoms with E-state index >= 15 is 0 Å². The third kappa shape index (κ3) is 9.11. The zero-order chi connectivity index (χ0) is 24.3. The average Bonchev–Trinajstić information content (AvgIpc) is 3.06. The number of benzene rings is 1. The Bertz CT molecular complexity index is 721. The number of aliphatic carboxylic acids is 2. The number of ether oxygens (including phenoxy) is 1. The van der Waals surface area contributed by atoms with Gasteiger partial charge in [0.25, 0.3) is 11.9 Å². The molecule has 1 saturated carbocycles. The van der Waals surface area contributed by atoms with Crippen LogP contribution in [0.2, 0.25) is 0 Å². The molecule has 3 rings (SSSR count). The Kier molecular flexibility index (Phi) is 11.5. The SMILES string of the molecule is CC(=O)O.CC(=O)O.CCOc1ccccc1N1CCN(C(=O)[C@H]2C[C@H](N)[C@@H](O)C2)CC1. The third-order valence-electron chi connectivity index (χ3n) is 5.02. The van der Waals surface area contributed by atoms with Crippen LogP contribution in [0.4, 0.5) is 5.69 Å². The van der Waals surface area contributed by atoms with Gasteiger partial charge in [-0.15, -0.1) is 0 Å². The summed E-state index contributed by atoms with van der Waals surface area (Å²) in [6, 6.07) is 7.77. The fourth-order valence-corrected chi connectivity index (χ4v) is 3.67. The maximum absolute atomic E-state index is 12.6. The van der Waals surface area contributed by atoms with Crippen molar-refractivity contribution in [3.63, 3.8) is 0 Å². The fourth-order valence-electron chi connectivity index (χ4n) is 3.67. The van der Waals surface area contributed by atoms with Crippen molar-refractivity contribution in [2.24, 2.45) is 11.7 Å². The summed E-state index contributed by atoms with van der Waals surface area (Å²) in [5.41, 5.74) is 6.92. The lowest BCUT2D eigenvalue weighted by molar-refractivity contribution is -0.136. The van der Waals surface area contributed by atoms with Gasteiger partial charge in [0.15, 0.2) is 0 Å². The molecule has 0 unspecified atom stereocenters. The van der Waals surface area contributed by atoms with E-state index in [1.165, 1.54) is 0 Å². The molecule has 0 radical (unpaired) electrons. The quantitative estimate of drug-likeness (QED) is 0.523. The van der Waals surface area contributed by atoms with Gasteiger partial charge in [-0.1, -0.05) is 12.1 Å². The number of aliphatic hydroxyl groups excluding tert-OH is 1. The number of nitrogens with two attached hydrogens (primary N) is 1. The highest BCUT2D eigenvalue weighted by Crippen LogP contribution is 2.30. The summed E-state index contributed by atoms with van der Waals surface area (Å²) in [5.74, 6) is -0.762. The van der Waals surface area contributed by atoms with Crippen LogP contribution in [0.1, 0.15) is 33.6 Å². The summed E-state index contributed by atoms with van der Waals surface area (Å²) in [4.78, 5) is 34.8. The number of anilines is 1. The molecule has 1 aliphatic heterocycles. The first-order valence-electron chi connectivity index (χ1n) is 10.6. The van der Waals surface area contributed by atoms with Gasteiger partial charge in [-0.25, -0.2) is 0 Å². The predicted octanol–water partition coefficient (Wildman–Crippen LogP) is 1.01. The van der Waals surface area contributed by atoms with Gasteiger partial charge in [0.2, 0.25) is 5.91 Å². The normalized spacial score (nSPS) is 22.1. The van der Waals surface area contributed by atoms with Gasteiger partial charge in [0.1, 0.15) is 5.75 Å². The highest BCUT2D eigenvalue weighted by Gasteiger charge is 2.37. The van der Waals surface area contributed by atoms with E-state index in [-0.39, 0.29) is 17.9 Å². The van der Waals surface area contributed by atoms with Crippen molar-refractivity contribution < 1.29 is 34.4 Å². The molecule has 1 heterocycles. The van der Waals surface area contributed by atoms with Crippen LogP contribution in [0, 0.1) is 5.92 Å². The maximum Gasteiger partial charge on any atom is 0.300 e. The lowest BCUT2D eigenvalue weighted by Crippen LogP contribution is -2.50. The van der Waals surface area contributed by atoms with Gasteiger partial charge >= 0.3 is 0 Å². The highest BCUT2D eigenvalue weighted by atomic mass is 16.5. The zero-order valence-corrected chi connectivity index (χ0v) is 18.9. The number of carboxylic acids is 2. The lowest BCUT2D eigenvalue weighted by atomic mass is 10.1. The monoisotopic (exact) mass is 453 g/mol. The summed E-state index contributed by atoms with van der Waals surface area (Å²) in [6.07, 6.45) is 0.541. The number of carbonyl (C=O) groups is 3. The first-order chi connectivity index (χ1) is 15.1. The minimum atomic E-state index is -0.833. The molecule has 1 aliphatic carbocycles. The van der Waals surface area contributed by atoms with Gasteiger partial charge in [-0.05, 0) is 31.9 Å². The molecular weight excluding hydrogens is 418 g/mol. The third-order valence-corrected chi connectivity index (χ3v) is 5.02. The van der Waals surface area contributed by atoms with Gasteiger partial charge in [-0.3, -0.25) is 14.4 Å². The van der Waals surface area contributed by atoms with Crippen molar-refractivity contribution >= 4 is 23.5 Å². The van der Waals surface area contributed by atoms with E-state index in [4.69, 9.17) is 30.3 Å². The number of hydrogen-bond acceptors (Lipinski definition) is 7. The molecule has 3 atom stereocenters. The van der Waals surface area contributed by atoms with Crippen molar-refractivity contribution in [3.05, 3.63) is 24.3 Å². The Morgan fingerprint density at radius 1 is 1.03 bits per heavy atom. The molecule has 1 aromatic rings. The Balaban J connectivity index is 0.000000554. The van der Waals surface area contributed by atoms with E-state index in [1.807, 2.05) is 30.0 Å². The molecule has 0 spiro atoms. The number of piperazine rings is 1. The maximum atomic E-state index is 12.6. The number of aliphatic hydroxyl groups is 1. The Labute approximate surface area is 188 Å². The van der Waals surface area contributed by atoms with Gasteiger partial charge < -0.3 is 35.6 Å². The van der Waals surface area contributed by atoms with Crippen LogP contribution < -0.4 is 15.4 Å². The molecule has 5 N–H and O–H groups in total. The van der Waals surface area contributed by atoms with Crippen LogP contribution in [0.15, 0.2) is 24.3 Å². The van der Waals surface area contributed by atoms with Crippen molar-refractivity contribution in [1.29, 1.82) is 0 Å². The number of nitrogens with zero attached hydrogens (tertiary/aromatic N) is 2. The van der Waals surface area contributed by atoms with E-state index < -0.39 is 18.0 Å². The number of para-hydroxylation sites is 2. The van der Waals surface area contributed by atoms with Crippen LogP contribution in [0.5, 0.6) is 5.75 Å². The second kappa shape index (κ2) is 13.5. The first kappa shape index (κ1) is 27.2. The van der Waals surface area contributed by atoms with E-state index in [2.05, 4.69) is 11.0 Å². The molecule has 10 nitrogen and oxygen atoms in total. The molecule has 180 valence electrons. The molecule has 1 aromatic carbocycles. The van der Waals surface area contributed by atoms with Crippen LogP contribution in [0.3, 0.4) is 0 Å². The average molecular weight is 454 g/mol. The molecule has 10 heteroatoms. The lowest BCUT2D eigenvalue weighted by Gasteiger charge is -2.37. The highest BCUT2D eigenvalue weighted by molar-refractivity contribution is 5.79. The molecule has 0 bridgehead atoms. The smallest absolute Gasteiger partial charge is 0.300 e. The first-order valence-corrected chi connectivity index (χ1v) is 10.6. The van der Waals surface area contributed by atoms with Crippen LogP contribution in [0.25, 0.3) is 0 Å². The molecule has 2 aliphatic rings. The summed E-state index contributed by atoms with van der Waals surface area (Å²) in [6.45, 7) is 7.75. The van der Waals surface area contributed by atoms with Crippen LogP contribution >= 0.6 is 0 Å². The van der Waals surface area contributed by atoms with Crippen molar-refractivity contribution in [2.45, 2.75) is 45.8 Å². The number of amides is 1. The van der Waals surface area contributed by atoms with Gasteiger partial charge in [0, 0.05) is 52.0 Å². The van der Waals surface area contributed by atoms with Gasteiger partial charge in [0.05, 0.1) is 18.4 Å². The van der Waals surface area contributed by atoms with E-state index in [1.54, 1.807) is 0 Å². The second-order valence-electron chi connectivity index (χ2n) is 7.65. The van der Waals surface area contributed by atoms with E-state index in [0.717, 1.165) is 38.4 Å². The minimum Gasteiger partial charge on any atom is -0.492 e. The molecule has 1 amide bonds. The van der Waals surface area contributed by atoms with E-state index in [9.17, 15) is 9.90 Å². The topological polar surface area (TPSA) is 154 Å². The van der Waals surface area contributed by atoms with Crippen LogP contribution in [-0.4, -0.2) is 83.0 Å². The number of rotatable bonds is 4. The van der Waals surface area contributed by atoms with Crippen molar-refractivity contribution in [3.8, 4) is 5.75 Å².